The predicted molar refractivity (Wildman–Crippen MR) is 125 cm³/mol. The summed E-state index contributed by atoms with van der Waals surface area (Å²) in [5.41, 5.74) is 5.88. The van der Waals surface area contributed by atoms with Gasteiger partial charge in [-0.15, -0.1) is 0 Å². The highest BCUT2D eigenvalue weighted by Crippen LogP contribution is 2.44. The van der Waals surface area contributed by atoms with Crippen molar-refractivity contribution in [3.05, 3.63) is 92.8 Å². The van der Waals surface area contributed by atoms with Crippen LogP contribution >= 0.6 is 0 Å². The Kier molecular flexibility index (Phi) is 5.48. The molecular weight excluding hydrogens is 417 g/mol. The van der Waals surface area contributed by atoms with Gasteiger partial charge in [0.15, 0.2) is 5.65 Å². The van der Waals surface area contributed by atoms with Gasteiger partial charge in [-0.1, -0.05) is 12.1 Å². The average molecular weight is 444 g/mol. The Morgan fingerprint density at radius 2 is 1.85 bits per heavy atom. The summed E-state index contributed by atoms with van der Waals surface area (Å²) in [4.78, 5) is 31.7. The van der Waals surface area contributed by atoms with Gasteiger partial charge in [0.25, 0.3) is 5.56 Å². The van der Waals surface area contributed by atoms with Crippen molar-refractivity contribution in [2.75, 3.05) is 0 Å². The standard InChI is InChI=1S/C26H26FN5O/c1-15-5-4-6-21(27)24(15)19-8-7-18(11-19)20-12-22-25(31-16(2)13-30-22)32(26(20)33)14-23-17(3)28-9-10-29-23/h4-6,9-10,12-13,18-19H,7-8,11,14H2,1-3H3/t18-,19+/m0/s1. The van der Waals surface area contributed by atoms with E-state index in [1.165, 1.54) is 6.07 Å². The number of pyridine rings is 1. The third-order valence-electron chi connectivity index (χ3n) is 6.78. The van der Waals surface area contributed by atoms with Crippen LogP contribution in [0.2, 0.25) is 0 Å². The Morgan fingerprint density at radius 3 is 2.64 bits per heavy atom. The molecule has 0 aliphatic heterocycles. The maximum Gasteiger partial charge on any atom is 0.256 e. The molecule has 7 heteroatoms. The van der Waals surface area contributed by atoms with Crippen molar-refractivity contribution >= 4 is 11.2 Å². The summed E-state index contributed by atoms with van der Waals surface area (Å²) in [6.07, 6.45) is 7.42. The van der Waals surface area contributed by atoms with E-state index in [9.17, 15) is 9.18 Å². The highest BCUT2D eigenvalue weighted by Gasteiger charge is 2.32. The number of hydrogen-bond acceptors (Lipinski definition) is 5. The van der Waals surface area contributed by atoms with Crippen molar-refractivity contribution in [1.82, 2.24) is 24.5 Å². The first-order chi connectivity index (χ1) is 15.9. The fourth-order valence-electron chi connectivity index (χ4n) is 5.10. The molecule has 0 spiro atoms. The van der Waals surface area contributed by atoms with Crippen LogP contribution in [0.1, 0.15) is 64.9 Å². The molecule has 0 bridgehead atoms. The molecule has 3 heterocycles. The smallest absolute Gasteiger partial charge is 0.256 e. The highest BCUT2D eigenvalue weighted by atomic mass is 19.1. The Morgan fingerprint density at radius 1 is 1.06 bits per heavy atom. The lowest BCUT2D eigenvalue weighted by atomic mass is 9.90. The van der Waals surface area contributed by atoms with E-state index in [1.807, 2.05) is 32.9 Å². The minimum absolute atomic E-state index is 0.0446. The van der Waals surface area contributed by atoms with E-state index in [-0.39, 0.29) is 29.8 Å². The van der Waals surface area contributed by atoms with Crippen LogP contribution < -0.4 is 5.56 Å². The van der Waals surface area contributed by atoms with Crippen LogP contribution in [-0.2, 0) is 6.54 Å². The van der Waals surface area contributed by atoms with Crippen molar-refractivity contribution in [3.8, 4) is 0 Å². The molecule has 3 aromatic heterocycles. The predicted octanol–water partition coefficient (Wildman–Crippen LogP) is 4.75. The molecule has 0 unspecified atom stereocenters. The van der Waals surface area contributed by atoms with E-state index in [1.54, 1.807) is 29.2 Å². The number of hydrogen-bond donors (Lipinski definition) is 0. The van der Waals surface area contributed by atoms with Crippen LogP contribution in [0.4, 0.5) is 4.39 Å². The number of nitrogens with zero attached hydrogens (tertiary/aromatic N) is 5. The van der Waals surface area contributed by atoms with Crippen LogP contribution in [0.5, 0.6) is 0 Å². The largest absolute Gasteiger partial charge is 0.285 e. The fraction of sp³-hybridized carbons (Fsp3) is 0.346. The normalized spacial score (nSPS) is 18.2. The van der Waals surface area contributed by atoms with E-state index >= 15 is 0 Å². The molecule has 0 N–H and O–H groups in total. The number of aromatic nitrogens is 5. The van der Waals surface area contributed by atoms with E-state index in [0.29, 0.717) is 11.2 Å². The van der Waals surface area contributed by atoms with Gasteiger partial charge in [-0.05, 0) is 75.1 Å². The molecule has 168 valence electrons. The van der Waals surface area contributed by atoms with Crippen molar-refractivity contribution in [2.45, 2.75) is 58.4 Å². The van der Waals surface area contributed by atoms with Gasteiger partial charge in [0.1, 0.15) is 11.3 Å². The SMILES string of the molecule is Cc1cnc2cc([C@H]3CC[C@@H](c4c(C)cccc4F)C3)c(=O)n(Cc3nccnc3C)c2n1. The lowest BCUT2D eigenvalue weighted by molar-refractivity contribution is 0.573. The third kappa shape index (κ3) is 3.92. The Balaban J connectivity index is 1.58. The van der Waals surface area contributed by atoms with Crippen LogP contribution in [0.25, 0.3) is 11.2 Å². The summed E-state index contributed by atoms with van der Waals surface area (Å²) in [6, 6.07) is 7.11. The molecule has 5 rings (SSSR count). The van der Waals surface area contributed by atoms with Crippen molar-refractivity contribution < 1.29 is 4.39 Å². The van der Waals surface area contributed by atoms with Crippen molar-refractivity contribution in [2.24, 2.45) is 0 Å². The van der Waals surface area contributed by atoms with Crippen LogP contribution in [0.3, 0.4) is 0 Å². The second kappa shape index (κ2) is 8.46. The lowest BCUT2D eigenvalue weighted by Gasteiger charge is -2.17. The molecule has 1 aliphatic rings. The number of fused-ring (bicyclic) bond motifs is 1. The molecular formula is C26H26FN5O. The van der Waals surface area contributed by atoms with Gasteiger partial charge in [0.2, 0.25) is 0 Å². The van der Waals surface area contributed by atoms with Gasteiger partial charge < -0.3 is 0 Å². The molecule has 1 aromatic carbocycles. The second-order valence-electron chi connectivity index (χ2n) is 8.98. The third-order valence-corrected chi connectivity index (χ3v) is 6.78. The topological polar surface area (TPSA) is 73.6 Å². The van der Waals surface area contributed by atoms with Crippen LogP contribution in [-0.4, -0.2) is 24.5 Å². The Bertz CT molecular complexity index is 1390. The van der Waals surface area contributed by atoms with E-state index in [4.69, 9.17) is 0 Å². The molecule has 0 saturated heterocycles. The molecule has 33 heavy (non-hydrogen) atoms. The molecule has 6 nitrogen and oxygen atoms in total. The molecule has 1 saturated carbocycles. The molecule has 0 radical (unpaired) electrons. The molecule has 0 amide bonds. The van der Waals surface area contributed by atoms with E-state index in [2.05, 4.69) is 19.9 Å². The van der Waals surface area contributed by atoms with Crippen LogP contribution in [0, 0.1) is 26.6 Å². The molecule has 1 aliphatic carbocycles. The number of halogens is 1. The first-order valence-electron chi connectivity index (χ1n) is 11.3. The first kappa shape index (κ1) is 21.4. The first-order valence-corrected chi connectivity index (χ1v) is 11.3. The van der Waals surface area contributed by atoms with Gasteiger partial charge in [-0.2, -0.15) is 0 Å². The lowest BCUT2D eigenvalue weighted by Crippen LogP contribution is -2.27. The van der Waals surface area contributed by atoms with E-state index in [0.717, 1.165) is 53.0 Å². The van der Waals surface area contributed by atoms with Crippen molar-refractivity contribution in [1.29, 1.82) is 0 Å². The summed E-state index contributed by atoms with van der Waals surface area (Å²) in [6.45, 7) is 5.98. The Hall–Kier alpha value is -3.48. The van der Waals surface area contributed by atoms with E-state index < -0.39 is 0 Å². The second-order valence-corrected chi connectivity index (χ2v) is 8.98. The Labute approximate surface area is 191 Å². The number of benzene rings is 1. The molecule has 1 fully saturated rings. The van der Waals surface area contributed by atoms with Gasteiger partial charge in [-0.25, -0.2) is 9.37 Å². The van der Waals surface area contributed by atoms with Crippen LogP contribution in [0.15, 0.2) is 47.7 Å². The number of aryl methyl sites for hydroxylation is 3. The summed E-state index contributed by atoms with van der Waals surface area (Å²) in [5, 5.41) is 0. The minimum atomic E-state index is -0.156. The summed E-state index contributed by atoms with van der Waals surface area (Å²) in [7, 11) is 0. The molecule has 4 aromatic rings. The summed E-state index contributed by atoms with van der Waals surface area (Å²) < 4.78 is 16.3. The van der Waals surface area contributed by atoms with Gasteiger partial charge in [0, 0.05) is 24.2 Å². The quantitative estimate of drug-likeness (QED) is 0.455. The summed E-state index contributed by atoms with van der Waals surface area (Å²) in [5.74, 6) is -0.00895. The zero-order valence-corrected chi connectivity index (χ0v) is 19.0. The van der Waals surface area contributed by atoms with Gasteiger partial charge >= 0.3 is 0 Å². The minimum Gasteiger partial charge on any atom is -0.285 e. The highest BCUT2D eigenvalue weighted by molar-refractivity contribution is 5.71. The zero-order valence-electron chi connectivity index (χ0n) is 19.0. The number of rotatable bonds is 4. The average Bonchev–Trinajstić information content (AvgIpc) is 3.26. The van der Waals surface area contributed by atoms with Gasteiger partial charge in [-0.3, -0.25) is 24.3 Å². The maximum atomic E-state index is 14.6. The molecule has 2 atom stereocenters. The fourth-order valence-corrected chi connectivity index (χ4v) is 5.10. The zero-order chi connectivity index (χ0) is 23.1. The summed E-state index contributed by atoms with van der Waals surface area (Å²) >= 11 is 0. The van der Waals surface area contributed by atoms with Crippen molar-refractivity contribution in [3.63, 3.8) is 0 Å². The maximum absolute atomic E-state index is 14.6. The monoisotopic (exact) mass is 443 g/mol. The van der Waals surface area contributed by atoms with Gasteiger partial charge in [0.05, 0.1) is 23.6 Å².